The molecular formula is C66H91N16O29P3S2. The number of nitrogens with one attached hydrogen (secondary N) is 9. The van der Waals surface area contributed by atoms with Crippen LogP contribution in [0.1, 0.15) is 82.7 Å². The second-order valence-corrected chi connectivity index (χ2v) is 33.4. The van der Waals surface area contributed by atoms with Gasteiger partial charge in [-0.1, -0.05) is 106 Å². The number of ether oxygens (including phenoxy) is 1. The van der Waals surface area contributed by atoms with Gasteiger partial charge in [-0.25, -0.2) is 28.6 Å². The summed E-state index contributed by atoms with van der Waals surface area (Å²) < 4.78 is 98.7. The lowest BCUT2D eigenvalue weighted by molar-refractivity contribution is -0.137. The lowest BCUT2D eigenvalue weighted by Gasteiger charge is -2.30. The molecule has 23 N–H and O–H groups in total. The summed E-state index contributed by atoms with van der Waals surface area (Å²) in [7, 11) is -21.6. The highest BCUT2D eigenvalue weighted by molar-refractivity contribution is 8.13. The third kappa shape index (κ3) is 29.1. The molecule has 1 fully saturated rings. The van der Waals surface area contributed by atoms with Gasteiger partial charge in [-0.3, -0.25) is 70.6 Å². The number of aromatic amines is 1. The van der Waals surface area contributed by atoms with E-state index in [-0.39, 0.29) is 67.1 Å². The van der Waals surface area contributed by atoms with E-state index in [9.17, 15) is 105 Å². The number of aliphatic hydroxyl groups excluding tert-OH is 3. The van der Waals surface area contributed by atoms with E-state index in [1.807, 2.05) is 0 Å². The molecule has 50 heteroatoms. The summed E-state index contributed by atoms with van der Waals surface area (Å²) in [6.45, 7) is 1.58. The fourth-order valence-electron chi connectivity index (χ4n) is 11.4. The van der Waals surface area contributed by atoms with Crippen LogP contribution in [0.2, 0.25) is 0 Å². The van der Waals surface area contributed by atoms with Gasteiger partial charge in [-0.15, -0.1) is 0 Å². The number of hydrogen-bond acceptors (Lipinski definition) is 30. The lowest BCUT2D eigenvalue weighted by atomic mass is 9.87. The van der Waals surface area contributed by atoms with E-state index >= 15 is 0 Å². The van der Waals surface area contributed by atoms with Crippen molar-refractivity contribution < 1.29 is 136 Å². The van der Waals surface area contributed by atoms with Crippen molar-refractivity contribution in [3.8, 4) is 5.75 Å². The van der Waals surface area contributed by atoms with E-state index in [0.29, 0.717) is 45.8 Å². The minimum atomic E-state index is -5.72. The Labute approximate surface area is 665 Å². The Bertz CT molecular complexity index is 4740. The summed E-state index contributed by atoms with van der Waals surface area (Å²) in [5, 5.41) is 52.1. The van der Waals surface area contributed by atoms with Crippen LogP contribution in [0.15, 0.2) is 97.7 Å². The number of imidazole rings is 1. The molecule has 1 aliphatic rings. The van der Waals surface area contributed by atoms with Crippen molar-refractivity contribution in [1.29, 1.82) is 0 Å². The van der Waals surface area contributed by atoms with Crippen molar-refractivity contribution in [3.63, 3.8) is 0 Å². The molecule has 7 rings (SSSR count). The van der Waals surface area contributed by atoms with Crippen LogP contribution < -0.4 is 63.9 Å². The number of aliphatic hydroxyl groups is 3. The number of thioether (sulfide) groups is 1. The number of amides is 9. The van der Waals surface area contributed by atoms with Gasteiger partial charge in [0.05, 0.1) is 38.2 Å². The van der Waals surface area contributed by atoms with Crippen LogP contribution in [0.5, 0.6) is 5.75 Å². The van der Waals surface area contributed by atoms with Gasteiger partial charge in [0.15, 0.2) is 22.8 Å². The van der Waals surface area contributed by atoms with E-state index in [4.69, 9.17) is 35.5 Å². The van der Waals surface area contributed by atoms with Gasteiger partial charge in [0.2, 0.25) is 53.2 Å². The number of hydrogen-bond donors (Lipinski definition) is 20. The van der Waals surface area contributed by atoms with Crippen LogP contribution in [0.4, 0.5) is 5.82 Å². The normalized spacial score (nSPS) is 18.2. The first kappa shape index (κ1) is 93.8. The number of phosphoric acid groups is 3. The van der Waals surface area contributed by atoms with E-state index in [2.05, 4.69) is 75.5 Å². The minimum Gasteiger partial charge on any atom is -0.391 e. The summed E-state index contributed by atoms with van der Waals surface area (Å²) in [5.41, 5.74) is 18.0. The summed E-state index contributed by atoms with van der Waals surface area (Å²) in [6.07, 6.45) is -8.33. The zero-order chi connectivity index (χ0) is 85.6. The number of anilines is 1. The van der Waals surface area contributed by atoms with Gasteiger partial charge in [-0.2, -0.15) is 12.7 Å². The Morgan fingerprint density at radius 1 is 0.733 bits per heavy atom. The molecular weight excluding hydrogens is 1640 g/mol. The van der Waals surface area contributed by atoms with Crippen LogP contribution in [-0.4, -0.2) is 236 Å². The smallest absolute Gasteiger partial charge is 0.391 e. The van der Waals surface area contributed by atoms with Gasteiger partial charge in [-0.05, 0) is 54.7 Å². The van der Waals surface area contributed by atoms with Crippen LogP contribution in [0.25, 0.3) is 22.1 Å². The maximum Gasteiger partial charge on any atom is 0.481 e. The van der Waals surface area contributed by atoms with E-state index < -0.39 is 210 Å². The molecule has 4 heterocycles. The summed E-state index contributed by atoms with van der Waals surface area (Å²) >= 11 is 0.610. The lowest BCUT2D eigenvalue weighted by Crippen LogP contribution is -2.59. The van der Waals surface area contributed by atoms with Gasteiger partial charge in [0.1, 0.15) is 72.2 Å². The average Bonchev–Trinajstić information content (AvgIpc) is 1.61. The predicted molar refractivity (Wildman–Crippen MR) is 407 cm³/mol. The van der Waals surface area contributed by atoms with Crippen LogP contribution in [0.3, 0.4) is 0 Å². The molecule has 1 saturated heterocycles. The first-order valence-electron chi connectivity index (χ1n) is 35.3. The summed E-state index contributed by atoms with van der Waals surface area (Å²) in [5.74, 6) is -9.23. The fraction of sp³-hybridized carbons (Fsp3) is 0.470. The third-order valence-corrected chi connectivity index (χ3v) is 21.7. The number of carbonyl (C=O) groups excluding carboxylic acids is 10. The molecule has 0 bridgehead atoms. The zero-order valence-electron chi connectivity index (χ0n) is 62.4. The third-order valence-electron chi connectivity index (χ3n) is 17.3. The number of nitrogens with zero attached hydrogens (tertiary/aromatic N) is 4. The molecule has 0 saturated carbocycles. The highest BCUT2D eigenvalue weighted by Gasteiger charge is 2.51. The quantitative estimate of drug-likeness (QED) is 0.0106. The number of primary amides is 1. The number of para-hydroxylation sites is 1. The first-order chi connectivity index (χ1) is 54.4. The molecule has 1 aliphatic heterocycles. The largest absolute Gasteiger partial charge is 0.481 e. The van der Waals surface area contributed by atoms with Gasteiger partial charge < -0.3 is 109 Å². The Morgan fingerprint density at radius 3 is 2.03 bits per heavy atom. The van der Waals surface area contributed by atoms with Crippen molar-refractivity contribution >= 4 is 132 Å². The number of rotatable bonds is 46. The molecule has 14 atom stereocenters. The molecule has 6 aromatic rings. The molecule has 3 aromatic heterocycles. The molecule has 7 unspecified atom stereocenters. The van der Waals surface area contributed by atoms with Crippen LogP contribution in [-0.2, 0) is 114 Å². The van der Waals surface area contributed by atoms with E-state index in [1.54, 1.807) is 67.7 Å². The average molecular weight is 1730 g/mol. The van der Waals surface area contributed by atoms with Crippen molar-refractivity contribution in [3.05, 3.63) is 114 Å². The highest BCUT2D eigenvalue weighted by atomic mass is 32.3. The Hall–Kier alpha value is -9.32. The molecule has 45 nitrogen and oxygen atoms in total. The van der Waals surface area contributed by atoms with Crippen molar-refractivity contribution in [2.45, 2.75) is 152 Å². The van der Waals surface area contributed by atoms with E-state index in [1.165, 1.54) is 45.0 Å². The topological polar surface area (TPSA) is 707 Å². The number of fused-ring (bicyclic) bond motifs is 2. The monoisotopic (exact) mass is 1730 g/mol. The SMILES string of the molecule is CCCC[C@@H](NC(=O)[C@H](Cc1c[nH]c2ccccc12)NC(=O)CNC(=O)[C@@H](NC(=O)[C@@H](N)Cc1ccc(OS(=O)(=O)O)cc1)[C@@H](C)O)C(=O)N[C@@H](CC(=O)SCCNC(=O)CCNC(=O)C(O)C(C)(C)COP(=O)(O)OP(=O)(O)OCC1OC(n2cnc3c(N)ncnc32)C(O)C1OP(=O)(O)O)C(=O)N[C@@H](Cc1ccccc1)C(N)=O. The molecule has 0 spiro atoms. The maximum atomic E-state index is 14.6. The first-order valence-corrected chi connectivity index (χ1v) is 42.2. The number of nitrogens with two attached hydrogens (primary N) is 3. The van der Waals surface area contributed by atoms with Crippen LogP contribution >= 0.6 is 35.2 Å². The van der Waals surface area contributed by atoms with Gasteiger partial charge in [0, 0.05) is 67.0 Å². The highest BCUT2D eigenvalue weighted by Crippen LogP contribution is 2.61. The second kappa shape index (κ2) is 42.2. The predicted octanol–water partition coefficient (Wildman–Crippen LogP) is -2.63. The van der Waals surface area contributed by atoms with E-state index in [0.717, 1.165) is 17.2 Å². The number of nitrogen functional groups attached to an aromatic ring is 1. The molecule has 116 heavy (non-hydrogen) atoms. The number of aromatic nitrogens is 5. The standard InChI is InChI=1S/C66H91N16O29P3S2/c1-5-6-15-43(78-61(92)45(27-38-29-72-42-16-11-10-14-40(38)42)77-49(85)30-73-63(94)51(35(2)83)81-59(90)41(67)25-37-17-19-39(20-18-37)110-116(103,104)105)60(91)80-46(62(93)79-44(57(69)89)26-36-12-8-7-9-13-36)28-50(86)115-24-23-70-48(84)21-22-71-64(95)55(88)66(3,4)32-107-114(101,102)111-113(99,100)106-31-47-54(109-112(96,97)98)53(87)65(108-47)82-34-76-52-56(68)74-33-75-58(52)82/h7-14,16-20,29,33-35,41,43-47,51,53-55,65,72,83,87-88H,5-6,15,21-28,30-32,67H2,1-4H3,(H2,69,89)(H,70,84)(H,71,95)(H,73,94)(H,77,85)(H,78,92)(H,79,93)(H,80,91)(H,81,90)(H,99,100)(H,101,102)(H2,68,74,75)(H2,96,97,98)(H,103,104,105)/t35-,41+,43-,44+,45+,46+,47?,51+,53?,54?,55?,65?/m1/s1. The number of H-pyrrole nitrogens is 1. The van der Waals surface area contributed by atoms with Crippen molar-refractivity contribution in [2.24, 2.45) is 16.9 Å². The molecule has 0 radical (unpaired) electrons. The fourth-order valence-corrected chi connectivity index (χ4v) is 15.3. The van der Waals surface area contributed by atoms with Crippen molar-refractivity contribution in [1.82, 2.24) is 67.0 Å². The summed E-state index contributed by atoms with van der Waals surface area (Å²) in [4.78, 5) is 192. The van der Waals surface area contributed by atoms with Gasteiger partial charge >= 0.3 is 33.9 Å². The summed E-state index contributed by atoms with van der Waals surface area (Å²) in [6, 6.07) is 11.2. The molecule has 9 amide bonds. The number of unbranched alkanes of at least 4 members (excludes halogenated alkanes) is 1. The number of carbonyl (C=O) groups is 10. The van der Waals surface area contributed by atoms with Crippen molar-refractivity contribution in [2.75, 3.05) is 44.3 Å². The molecule has 636 valence electrons. The van der Waals surface area contributed by atoms with Crippen LogP contribution in [0, 0.1) is 5.41 Å². The number of phosphoric ester groups is 3. The number of benzene rings is 3. The minimum absolute atomic E-state index is 0.0229. The zero-order valence-corrected chi connectivity index (χ0v) is 66.7. The molecule has 3 aromatic carbocycles. The molecule has 0 aliphatic carbocycles. The van der Waals surface area contributed by atoms with Gasteiger partial charge in [0.25, 0.3) is 0 Å². The Kier molecular flexibility index (Phi) is 34.1. The Balaban J connectivity index is 0.922. The second-order valence-electron chi connectivity index (χ2n) is 27.0. The Morgan fingerprint density at radius 2 is 1.37 bits per heavy atom. The maximum absolute atomic E-state index is 14.6.